The largest absolute Gasteiger partial charge is 0.352 e. The molecule has 3 aromatic carbocycles. The Kier molecular flexibility index (Phi) is 10.5. The third-order valence-corrected chi connectivity index (χ3v) is 8.61. The van der Waals surface area contributed by atoms with Crippen molar-refractivity contribution in [2.75, 3.05) is 10.8 Å². The first-order chi connectivity index (χ1) is 19.0. The second-order valence-electron chi connectivity index (χ2n) is 10.1. The van der Waals surface area contributed by atoms with Crippen LogP contribution in [0.1, 0.15) is 50.3 Å². The number of aryl methyl sites for hydroxylation is 2. The van der Waals surface area contributed by atoms with Crippen LogP contribution in [-0.4, -0.2) is 43.8 Å². The number of benzene rings is 3. The maximum absolute atomic E-state index is 14.0. The zero-order valence-corrected chi connectivity index (χ0v) is 24.5. The molecule has 2 atom stereocenters. The van der Waals surface area contributed by atoms with Crippen molar-refractivity contribution < 1.29 is 22.4 Å². The number of amides is 2. The molecule has 7 nitrogen and oxygen atoms in total. The van der Waals surface area contributed by atoms with Crippen LogP contribution in [0, 0.1) is 19.7 Å². The van der Waals surface area contributed by atoms with Crippen LogP contribution in [0.5, 0.6) is 0 Å². The molecular weight excluding hydrogens is 529 g/mol. The van der Waals surface area contributed by atoms with Crippen molar-refractivity contribution >= 4 is 27.5 Å². The van der Waals surface area contributed by atoms with Crippen molar-refractivity contribution in [3.63, 3.8) is 0 Å². The van der Waals surface area contributed by atoms with Crippen LogP contribution in [0.25, 0.3) is 0 Å². The molecule has 0 saturated heterocycles. The highest BCUT2D eigenvalue weighted by Crippen LogP contribution is 2.25. The Bertz CT molecular complexity index is 1410. The summed E-state index contributed by atoms with van der Waals surface area (Å²) >= 11 is 0. The summed E-state index contributed by atoms with van der Waals surface area (Å²) in [5, 5.41) is 2.96. The SMILES string of the molecule is CCC(C)NC(=O)C(CC)N(Cc1cccc(C)c1)C(=O)CN(c1ccc(F)cc1)S(=O)(=O)c1ccc(C)cc1. The van der Waals surface area contributed by atoms with Gasteiger partial charge in [-0.3, -0.25) is 13.9 Å². The van der Waals surface area contributed by atoms with E-state index in [4.69, 9.17) is 0 Å². The summed E-state index contributed by atoms with van der Waals surface area (Å²) in [6.45, 7) is 9.00. The highest BCUT2D eigenvalue weighted by Gasteiger charge is 2.34. The van der Waals surface area contributed by atoms with Crippen LogP contribution in [0.3, 0.4) is 0 Å². The highest BCUT2D eigenvalue weighted by molar-refractivity contribution is 7.92. The predicted octanol–water partition coefficient (Wildman–Crippen LogP) is 5.36. The number of sulfonamides is 1. The zero-order valence-electron chi connectivity index (χ0n) is 23.7. The first kappa shape index (κ1) is 30.8. The van der Waals surface area contributed by atoms with Gasteiger partial charge in [0.15, 0.2) is 0 Å². The summed E-state index contributed by atoms with van der Waals surface area (Å²) in [4.78, 5) is 28.8. The molecular formula is C31H38FN3O4S. The van der Waals surface area contributed by atoms with Gasteiger partial charge in [0.1, 0.15) is 18.4 Å². The van der Waals surface area contributed by atoms with Gasteiger partial charge in [-0.2, -0.15) is 0 Å². The van der Waals surface area contributed by atoms with E-state index < -0.39 is 34.3 Å². The van der Waals surface area contributed by atoms with E-state index >= 15 is 0 Å². The lowest BCUT2D eigenvalue weighted by Gasteiger charge is -2.33. The molecule has 0 aliphatic carbocycles. The maximum Gasteiger partial charge on any atom is 0.264 e. The van der Waals surface area contributed by atoms with E-state index in [1.54, 1.807) is 12.1 Å². The van der Waals surface area contributed by atoms with E-state index in [1.807, 2.05) is 58.9 Å². The number of nitrogens with zero attached hydrogens (tertiary/aromatic N) is 2. The Morgan fingerprint density at radius 2 is 1.55 bits per heavy atom. The molecule has 2 amide bonds. The summed E-state index contributed by atoms with van der Waals surface area (Å²) in [7, 11) is -4.20. The van der Waals surface area contributed by atoms with Crippen LogP contribution in [0.2, 0.25) is 0 Å². The summed E-state index contributed by atoms with van der Waals surface area (Å²) in [6, 6.07) is 18.0. The normalized spacial score (nSPS) is 12.8. The molecule has 0 saturated carbocycles. The quantitative estimate of drug-likeness (QED) is 0.319. The van der Waals surface area contributed by atoms with Crippen molar-refractivity contribution in [2.24, 2.45) is 0 Å². The monoisotopic (exact) mass is 567 g/mol. The van der Waals surface area contributed by atoms with Gasteiger partial charge in [0, 0.05) is 12.6 Å². The molecule has 3 aromatic rings. The van der Waals surface area contributed by atoms with Crippen molar-refractivity contribution in [3.05, 3.63) is 95.3 Å². The number of hydrogen-bond acceptors (Lipinski definition) is 4. The molecule has 0 aliphatic rings. The van der Waals surface area contributed by atoms with Crippen molar-refractivity contribution in [1.82, 2.24) is 10.2 Å². The van der Waals surface area contributed by atoms with E-state index in [1.165, 1.54) is 29.2 Å². The smallest absolute Gasteiger partial charge is 0.264 e. The van der Waals surface area contributed by atoms with Gasteiger partial charge in [0.25, 0.3) is 10.0 Å². The zero-order chi connectivity index (χ0) is 29.4. The minimum atomic E-state index is -4.20. The average molecular weight is 568 g/mol. The van der Waals surface area contributed by atoms with Gasteiger partial charge >= 0.3 is 0 Å². The summed E-state index contributed by atoms with van der Waals surface area (Å²) in [5.74, 6) is -1.38. The Morgan fingerprint density at radius 3 is 2.12 bits per heavy atom. The van der Waals surface area contributed by atoms with E-state index in [9.17, 15) is 22.4 Å². The number of hydrogen-bond donors (Lipinski definition) is 1. The van der Waals surface area contributed by atoms with Crippen LogP contribution in [0.4, 0.5) is 10.1 Å². The van der Waals surface area contributed by atoms with Crippen molar-refractivity contribution in [2.45, 2.75) is 71.0 Å². The third-order valence-electron chi connectivity index (χ3n) is 6.82. The second-order valence-corrected chi connectivity index (χ2v) is 11.9. The fraction of sp³-hybridized carbons (Fsp3) is 0.355. The molecule has 214 valence electrons. The number of nitrogens with one attached hydrogen (secondary N) is 1. The molecule has 9 heteroatoms. The molecule has 0 spiro atoms. The molecule has 0 heterocycles. The standard InChI is InChI=1S/C31H38FN3O4S/c1-6-24(5)33-31(37)29(7-2)34(20-25-10-8-9-23(4)19-25)30(36)21-35(27-15-13-26(32)14-16-27)40(38,39)28-17-11-22(3)12-18-28/h8-19,24,29H,6-7,20-21H2,1-5H3,(H,33,37). The summed E-state index contributed by atoms with van der Waals surface area (Å²) < 4.78 is 42.4. The molecule has 0 fully saturated rings. The van der Waals surface area contributed by atoms with Gasteiger partial charge in [0.05, 0.1) is 10.6 Å². The summed E-state index contributed by atoms with van der Waals surface area (Å²) in [5.41, 5.74) is 2.84. The van der Waals surface area contributed by atoms with E-state index in [2.05, 4.69) is 5.32 Å². The Balaban J connectivity index is 2.05. The minimum absolute atomic E-state index is 0.00187. The lowest BCUT2D eigenvalue weighted by molar-refractivity contribution is -0.140. The van der Waals surface area contributed by atoms with Gasteiger partial charge in [-0.25, -0.2) is 12.8 Å². The van der Waals surface area contributed by atoms with Gasteiger partial charge in [-0.15, -0.1) is 0 Å². The fourth-order valence-corrected chi connectivity index (χ4v) is 5.76. The number of carbonyl (C=O) groups is 2. The lowest BCUT2D eigenvalue weighted by Crippen LogP contribution is -2.53. The van der Waals surface area contributed by atoms with Gasteiger partial charge < -0.3 is 10.2 Å². The van der Waals surface area contributed by atoms with Crippen molar-refractivity contribution in [3.8, 4) is 0 Å². The molecule has 0 bridgehead atoms. The first-order valence-electron chi connectivity index (χ1n) is 13.5. The van der Waals surface area contributed by atoms with E-state index in [0.29, 0.717) is 6.42 Å². The topological polar surface area (TPSA) is 86.8 Å². The fourth-order valence-electron chi connectivity index (χ4n) is 4.34. The number of halogens is 1. The van der Waals surface area contributed by atoms with Gasteiger partial charge in [0.2, 0.25) is 11.8 Å². The number of anilines is 1. The number of rotatable bonds is 12. The highest BCUT2D eigenvalue weighted by atomic mass is 32.2. The van der Waals surface area contributed by atoms with Crippen LogP contribution in [0.15, 0.2) is 77.7 Å². The lowest BCUT2D eigenvalue weighted by atomic mass is 10.1. The van der Waals surface area contributed by atoms with E-state index in [0.717, 1.165) is 39.5 Å². The molecule has 0 aromatic heterocycles. The molecule has 3 rings (SSSR count). The average Bonchev–Trinajstić information content (AvgIpc) is 2.92. The maximum atomic E-state index is 14.0. The van der Waals surface area contributed by atoms with Gasteiger partial charge in [-0.05, 0) is 75.6 Å². The Hall–Kier alpha value is -3.72. The predicted molar refractivity (Wildman–Crippen MR) is 156 cm³/mol. The minimum Gasteiger partial charge on any atom is -0.352 e. The third kappa shape index (κ3) is 7.69. The van der Waals surface area contributed by atoms with Crippen molar-refractivity contribution in [1.29, 1.82) is 0 Å². The molecule has 0 aliphatic heterocycles. The molecule has 1 N–H and O–H groups in total. The second kappa shape index (κ2) is 13.6. The molecule has 2 unspecified atom stereocenters. The van der Waals surface area contributed by atoms with E-state index in [-0.39, 0.29) is 29.1 Å². The Labute approximate surface area is 237 Å². The Morgan fingerprint density at radius 1 is 0.900 bits per heavy atom. The number of carbonyl (C=O) groups excluding carboxylic acids is 2. The van der Waals surface area contributed by atoms with Crippen LogP contribution < -0.4 is 9.62 Å². The van der Waals surface area contributed by atoms with Gasteiger partial charge in [-0.1, -0.05) is 61.4 Å². The summed E-state index contributed by atoms with van der Waals surface area (Å²) in [6.07, 6.45) is 1.06. The molecule has 40 heavy (non-hydrogen) atoms. The first-order valence-corrected chi connectivity index (χ1v) is 14.9. The van der Waals surface area contributed by atoms with Crippen LogP contribution >= 0.6 is 0 Å². The van der Waals surface area contributed by atoms with Crippen LogP contribution in [-0.2, 0) is 26.2 Å². The molecule has 0 radical (unpaired) electrons.